The molecule has 1 aliphatic rings. The van der Waals surface area contributed by atoms with E-state index in [9.17, 15) is 19.5 Å². The van der Waals surface area contributed by atoms with Gasteiger partial charge in [-0.15, -0.1) is 0 Å². The number of aromatic carboxylic acids is 1. The van der Waals surface area contributed by atoms with Crippen molar-refractivity contribution in [2.24, 2.45) is 0 Å². The molecule has 1 saturated heterocycles. The maximum atomic E-state index is 13.0. The van der Waals surface area contributed by atoms with E-state index in [1.807, 2.05) is 0 Å². The minimum Gasteiger partial charge on any atom is -0.507 e. The lowest BCUT2D eigenvalue weighted by Gasteiger charge is -2.25. The van der Waals surface area contributed by atoms with Crippen LogP contribution < -0.4 is 4.90 Å². The van der Waals surface area contributed by atoms with Gasteiger partial charge in [-0.25, -0.2) is 4.79 Å². The van der Waals surface area contributed by atoms with Crippen molar-refractivity contribution < 1.29 is 24.6 Å². The molecular weight excluding hydrogens is 418 g/mol. The van der Waals surface area contributed by atoms with Crippen molar-refractivity contribution in [2.45, 2.75) is 6.04 Å². The van der Waals surface area contributed by atoms with Crippen molar-refractivity contribution in [3.05, 3.63) is 106 Å². The highest BCUT2D eigenvalue weighted by Crippen LogP contribution is 2.42. The molecule has 1 fully saturated rings. The Morgan fingerprint density at radius 1 is 0.806 bits per heavy atom. The molecule has 0 spiro atoms. The first kappa shape index (κ1) is 20.4. The summed E-state index contributed by atoms with van der Waals surface area (Å²) < 4.78 is 0. The second-order valence-corrected chi connectivity index (χ2v) is 7.38. The number of carbonyl (C=O) groups excluding carboxylic acids is 2. The van der Waals surface area contributed by atoms with Gasteiger partial charge in [0.25, 0.3) is 11.7 Å². The average Bonchev–Trinajstić information content (AvgIpc) is 3.05. The third-order valence-electron chi connectivity index (χ3n) is 5.07. The fourth-order valence-corrected chi connectivity index (χ4v) is 3.70. The Morgan fingerprint density at radius 3 is 2.00 bits per heavy atom. The van der Waals surface area contributed by atoms with E-state index in [-0.39, 0.29) is 16.9 Å². The highest BCUT2D eigenvalue weighted by atomic mass is 35.5. The van der Waals surface area contributed by atoms with Crippen molar-refractivity contribution in [1.29, 1.82) is 0 Å². The van der Waals surface area contributed by atoms with E-state index in [0.717, 1.165) is 0 Å². The molecule has 154 valence electrons. The Morgan fingerprint density at radius 2 is 1.42 bits per heavy atom. The van der Waals surface area contributed by atoms with Gasteiger partial charge in [-0.3, -0.25) is 14.5 Å². The number of carbonyl (C=O) groups is 3. The molecule has 1 heterocycles. The first-order valence-corrected chi connectivity index (χ1v) is 9.71. The summed E-state index contributed by atoms with van der Waals surface area (Å²) in [6.45, 7) is 0. The zero-order chi connectivity index (χ0) is 22.1. The van der Waals surface area contributed by atoms with E-state index < -0.39 is 23.7 Å². The molecule has 0 aliphatic carbocycles. The summed E-state index contributed by atoms with van der Waals surface area (Å²) in [5, 5.41) is 20.6. The fraction of sp³-hybridized carbons (Fsp3) is 0.0417. The van der Waals surface area contributed by atoms with Crippen molar-refractivity contribution in [3.63, 3.8) is 0 Å². The SMILES string of the molecule is O=C1C(=O)N(c2ccc(C(=O)O)cc2)[C@H](c2ccc(Cl)cc2)C1=C(O)c1ccccc1. The summed E-state index contributed by atoms with van der Waals surface area (Å²) in [4.78, 5) is 38.4. The van der Waals surface area contributed by atoms with E-state index in [0.29, 0.717) is 21.8 Å². The van der Waals surface area contributed by atoms with Crippen molar-refractivity contribution in [2.75, 3.05) is 4.90 Å². The first-order valence-electron chi connectivity index (χ1n) is 9.33. The highest BCUT2D eigenvalue weighted by Gasteiger charge is 2.46. The van der Waals surface area contributed by atoms with Crippen molar-refractivity contribution >= 4 is 40.7 Å². The zero-order valence-corrected chi connectivity index (χ0v) is 16.8. The molecule has 0 radical (unpaired) electrons. The number of carboxylic acid groups (broad SMARTS) is 1. The second kappa shape index (κ2) is 8.08. The Hall–Kier alpha value is -3.90. The molecule has 3 aromatic rings. The summed E-state index contributed by atoms with van der Waals surface area (Å²) in [6, 6.07) is 19.8. The van der Waals surface area contributed by atoms with Gasteiger partial charge < -0.3 is 10.2 Å². The number of halogens is 1. The minimum absolute atomic E-state index is 0.0488. The molecular formula is C24H16ClNO5. The summed E-state index contributed by atoms with van der Waals surface area (Å²) in [5.41, 5.74) is 1.30. The zero-order valence-electron chi connectivity index (χ0n) is 16.0. The molecule has 31 heavy (non-hydrogen) atoms. The average molecular weight is 434 g/mol. The molecule has 4 rings (SSSR count). The molecule has 2 N–H and O–H groups in total. The maximum absolute atomic E-state index is 13.0. The molecule has 0 unspecified atom stereocenters. The molecule has 1 aliphatic heterocycles. The molecule has 1 amide bonds. The Bertz CT molecular complexity index is 1200. The van der Waals surface area contributed by atoms with Gasteiger partial charge >= 0.3 is 5.97 Å². The van der Waals surface area contributed by atoms with E-state index in [2.05, 4.69) is 0 Å². The van der Waals surface area contributed by atoms with E-state index in [1.54, 1.807) is 54.6 Å². The number of ketones is 1. The lowest BCUT2D eigenvalue weighted by Crippen LogP contribution is -2.29. The molecule has 3 aromatic carbocycles. The normalized spacial score (nSPS) is 17.7. The van der Waals surface area contributed by atoms with E-state index in [4.69, 9.17) is 16.7 Å². The van der Waals surface area contributed by atoms with Gasteiger partial charge in [0.15, 0.2) is 0 Å². The van der Waals surface area contributed by atoms with E-state index in [1.165, 1.54) is 29.2 Å². The molecule has 1 atom stereocenters. The summed E-state index contributed by atoms with van der Waals surface area (Å²) in [6.07, 6.45) is 0. The molecule has 0 saturated carbocycles. The number of nitrogens with zero attached hydrogens (tertiary/aromatic N) is 1. The largest absolute Gasteiger partial charge is 0.507 e. The number of aliphatic hydroxyl groups excluding tert-OH is 1. The summed E-state index contributed by atoms with van der Waals surface area (Å²) >= 11 is 6.01. The number of aliphatic hydroxyl groups is 1. The summed E-state index contributed by atoms with van der Waals surface area (Å²) in [5.74, 6) is -3.04. The molecule has 0 aromatic heterocycles. The van der Waals surface area contributed by atoms with Gasteiger partial charge in [0.2, 0.25) is 0 Å². The predicted octanol–water partition coefficient (Wildman–Crippen LogP) is 4.66. The molecule has 0 bridgehead atoms. The number of amides is 1. The monoisotopic (exact) mass is 433 g/mol. The van der Waals surface area contributed by atoms with Gasteiger partial charge in [-0.1, -0.05) is 54.1 Å². The summed E-state index contributed by atoms with van der Waals surface area (Å²) in [7, 11) is 0. The second-order valence-electron chi connectivity index (χ2n) is 6.94. The Labute approximate surface area is 182 Å². The predicted molar refractivity (Wildman–Crippen MR) is 116 cm³/mol. The van der Waals surface area contributed by atoms with Crippen LogP contribution in [0.1, 0.15) is 27.5 Å². The topological polar surface area (TPSA) is 94.9 Å². The number of Topliss-reactive ketones (excluding diaryl/α,β-unsaturated/α-hetero) is 1. The van der Waals surface area contributed by atoms with Gasteiger partial charge in [-0.2, -0.15) is 0 Å². The van der Waals surface area contributed by atoms with Crippen LogP contribution >= 0.6 is 11.6 Å². The van der Waals surface area contributed by atoms with Gasteiger partial charge in [-0.05, 0) is 42.0 Å². The number of anilines is 1. The van der Waals surface area contributed by atoms with Crippen molar-refractivity contribution in [1.82, 2.24) is 0 Å². The minimum atomic E-state index is -1.10. The first-order chi connectivity index (χ1) is 14.9. The van der Waals surface area contributed by atoms with Crippen LogP contribution in [0, 0.1) is 0 Å². The maximum Gasteiger partial charge on any atom is 0.335 e. The number of benzene rings is 3. The van der Waals surface area contributed by atoms with Crippen LogP contribution in [-0.4, -0.2) is 27.9 Å². The quantitative estimate of drug-likeness (QED) is 0.354. The lowest BCUT2D eigenvalue weighted by atomic mass is 9.95. The van der Waals surface area contributed by atoms with Gasteiger partial charge in [0, 0.05) is 16.3 Å². The van der Waals surface area contributed by atoms with Crippen LogP contribution in [0.15, 0.2) is 84.4 Å². The molecule has 6 nitrogen and oxygen atoms in total. The highest BCUT2D eigenvalue weighted by molar-refractivity contribution is 6.51. The lowest BCUT2D eigenvalue weighted by molar-refractivity contribution is -0.132. The fourth-order valence-electron chi connectivity index (χ4n) is 3.58. The van der Waals surface area contributed by atoms with Crippen LogP contribution in [0.4, 0.5) is 5.69 Å². The Balaban J connectivity index is 1.91. The van der Waals surface area contributed by atoms with Crippen molar-refractivity contribution in [3.8, 4) is 0 Å². The third kappa shape index (κ3) is 3.69. The van der Waals surface area contributed by atoms with Gasteiger partial charge in [0.05, 0.1) is 17.2 Å². The third-order valence-corrected chi connectivity index (χ3v) is 5.32. The number of carboxylic acids is 1. The van der Waals surface area contributed by atoms with Crippen LogP contribution in [-0.2, 0) is 9.59 Å². The van der Waals surface area contributed by atoms with Crippen LogP contribution in [0.5, 0.6) is 0 Å². The Kier molecular flexibility index (Phi) is 5.31. The number of hydrogen-bond donors (Lipinski definition) is 2. The smallest absolute Gasteiger partial charge is 0.335 e. The van der Waals surface area contributed by atoms with Crippen LogP contribution in [0.2, 0.25) is 5.02 Å². The van der Waals surface area contributed by atoms with Gasteiger partial charge in [0.1, 0.15) is 5.76 Å². The standard InChI is InChI=1S/C24H16ClNO5/c25-17-10-6-14(7-11-17)20-19(21(27)15-4-2-1-3-5-15)22(28)23(29)26(20)18-12-8-16(9-13-18)24(30)31/h1-13,20,27H,(H,30,31)/t20-/m1/s1. The number of rotatable bonds is 4. The molecule has 7 heteroatoms. The van der Waals surface area contributed by atoms with E-state index >= 15 is 0 Å². The van der Waals surface area contributed by atoms with Crippen LogP contribution in [0.25, 0.3) is 5.76 Å². The van der Waals surface area contributed by atoms with Crippen LogP contribution in [0.3, 0.4) is 0 Å². The number of hydrogen-bond acceptors (Lipinski definition) is 4.